The number of aryl methyl sites for hydroxylation is 1. The number of amides is 2. The maximum absolute atomic E-state index is 13.8. The summed E-state index contributed by atoms with van der Waals surface area (Å²) in [4.78, 5) is 31.7. The maximum Gasteiger partial charge on any atom is 0.323 e. The minimum Gasteiger partial charge on any atom is -0.355 e. The standard InChI is InChI=1S/C35H45N11O2S/c1-44-24-28(23-40-44)26-9-14-32(37-21-26)46(35(47)39-20-25-7-5-4-6-8-25)31-12-10-29(11-13-31)41-34-38-22-27(19-36)33(42-34)45-17-15-30(16-18-45)43-49(2,3)48/h4-9,14,21-24,29-31,49H,10-13,15-18,20H2,1-3H3,(H,39,47)(H,43,48)(H,38,41,42)/t29-,31-. The Hall–Kier alpha value is -4.87. The number of rotatable bonds is 9. The van der Waals surface area contributed by atoms with E-state index in [1.807, 2.05) is 55.7 Å². The normalized spacial score (nSPS) is 18.7. The van der Waals surface area contributed by atoms with E-state index in [9.17, 15) is 14.6 Å². The van der Waals surface area contributed by atoms with Gasteiger partial charge in [0.15, 0.2) is 5.82 Å². The van der Waals surface area contributed by atoms with E-state index in [-0.39, 0.29) is 24.2 Å². The van der Waals surface area contributed by atoms with Gasteiger partial charge in [0.1, 0.15) is 17.5 Å². The van der Waals surface area contributed by atoms with E-state index in [4.69, 9.17) is 9.97 Å². The minimum absolute atomic E-state index is 0.0407. The van der Waals surface area contributed by atoms with Gasteiger partial charge in [-0.2, -0.15) is 15.3 Å². The highest BCUT2D eigenvalue weighted by Crippen LogP contribution is 2.30. The molecule has 0 atom stereocenters. The smallest absolute Gasteiger partial charge is 0.323 e. The number of benzene rings is 1. The lowest BCUT2D eigenvalue weighted by Crippen LogP contribution is -2.49. The van der Waals surface area contributed by atoms with Crippen LogP contribution in [0.1, 0.15) is 49.7 Å². The molecule has 3 aromatic heterocycles. The fraction of sp³-hybridized carbons (Fsp3) is 0.429. The van der Waals surface area contributed by atoms with Gasteiger partial charge in [-0.25, -0.2) is 14.8 Å². The van der Waals surface area contributed by atoms with Crippen LogP contribution in [-0.2, 0) is 23.7 Å². The first-order valence-corrected chi connectivity index (χ1v) is 19.4. The number of pyridine rings is 1. The van der Waals surface area contributed by atoms with E-state index in [0.717, 1.165) is 55.2 Å². The van der Waals surface area contributed by atoms with Gasteiger partial charge in [-0.15, -0.1) is 10.1 Å². The molecular weight excluding hydrogens is 639 g/mol. The van der Waals surface area contributed by atoms with Crippen LogP contribution in [0.15, 0.2) is 71.6 Å². The molecule has 0 radical (unpaired) electrons. The van der Waals surface area contributed by atoms with Gasteiger partial charge in [-0.05, 0) is 68.7 Å². The fourth-order valence-corrected chi connectivity index (χ4v) is 7.63. The van der Waals surface area contributed by atoms with Crippen molar-refractivity contribution in [3.05, 3.63) is 78.4 Å². The number of thiol groups is 1. The highest BCUT2D eigenvalue weighted by molar-refractivity contribution is 7.98. The number of carbonyl (C=O) groups excluding carboxylic acids is 1. The number of aromatic nitrogens is 5. The summed E-state index contributed by atoms with van der Waals surface area (Å²) in [7, 11) is -0.318. The zero-order valence-corrected chi connectivity index (χ0v) is 29.2. The predicted molar refractivity (Wildman–Crippen MR) is 195 cm³/mol. The Kier molecular flexibility index (Phi) is 10.5. The van der Waals surface area contributed by atoms with Crippen LogP contribution >= 0.6 is 0 Å². The third kappa shape index (κ3) is 8.79. The van der Waals surface area contributed by atoms with Gasteiger partial charge in [0.2, 0.25) is 5.95 Å². The van der Waals surface area contributed by atoms with Crippen LogP contribution < -0.4 is 20.4 Å². The largest absolute Gasteiger partial charge is 0.355 e. The Morgan fingerprint density at radius 1 is 1.02 bits per heavy atom. The molecule has 1 aliphatic heterocycles. The van der Waals surface area contributed by atoms with E-state index in [1.54, 1.807) is 40.7 Å². The number of anilines is 3. The number of nitrogens with one attached hydrogen (secondary N) is 2. The van der Waals surface area contributed by atoms with Crippen molar-refractivity contribution in [3.63, 3.8) is 0 Å². The fourth-order valence-electron chi connectivity index (χ4n) is 6.60. The third-order valence-electron chi connectivity index (χ3n) is 9.03. The molecule has 2 amide bonds. The van der Waals surface area contributed by atoms with E-state index in [2.05, 4.69) is 36.0 Å². The molecule has 2 fully saturated rings. The second kappa shape index (κ2) is 15.1. The summed E-state index contributed by atoms with van der Waals surface area (Å²) < 4.78 is 16.6. The van der Waals surface area contributed by atoms with Crippen molar-refractivity contribution in [3.8, 4) is 17.2 Å². The van der Waals surface area contributed by atoms with Crippen LogP contribution in [0.5, 0.6) is 0 Å². The molecule has 14 heteroatoms. The van der Waals surface area contributed by atoms with Crippen molar-refractivity contribution in [2.24, 2.45) is 11.4 Å². The van der Waals surface area contributed by atoms with Crippen molar-refractivity contribution >= 4 is 33.7 Å². The van der Waals surface area contributed by atoms with Gasteiger partial charge in [0.05, 0.1) is 18.4 Å². The third-order valence-corrected chi connectivity index (χ3v) is 9.92. The molecule has 0 bridgehead atoms. The average molecular weight is 684 g/mol. The van der Waals surface area contributed by atoms with Gasteiger partial charge in [-0.1, -0.05) is 30.3 Å². The minimum atomic E-state index is -2.20. The molecule has 1 saturated heterocycles. The van der Waals surface area contributed by atoms with E-state index >= 15 is 0 Å². The highest BCUT2D eigenvalue weighted by Gasteiger charge is 2.31. The van der Waals surface area contributed by atoms with Crippen molar-refractivity contribution in [2.45, 2.75) is 63.2 Å². The van der Waals surface area contributed by atoms with Crippen LogP contribution in [0.25, 0.3) is 11.1 Å². The number of urea groups is 1. The summed E-state index contributed by atoms with van der Waals surface area (Å²) in [6.45, 7) is 1.85. The van der Waals surface area contributed by atoms with Crippen LogP contribution in [0.4, 0.5) is 22.4 Å². The van der Waals surface area contributed by atoms with E-state index < -0.39 is 10.1 Å². The Labute approximate surface area is 288 Å². The topological polar surface area (TPSA) is 160 Å². The van der Waals surface area contributed by atoms with Crippen LogP contribution in [0.3, 0.4) is 0 Å². The molecule has 1 aromatic carbocycles. The second-order valence-electron chi connectivity index (χ2n) is 13.2. The average Bonchev–Trinajstić information content (AvgIpc) is 3.54. The van der Waals surface area contributed by atoms with Crippen molar-refractivity contribution in [1.82, 2.24) is 30.0 Å². The van der Waals surface area contributed by atoms with Crippen LogP contribution in [0, 0.1) is 11.3 Å². The number of carbonyl (C=O) groups is 1. The summed E-state index contributed by atoms with van der Waals surface area (Å²) in [5.74, 6) is 1.74. The maximum atomic E-state index is 13.8. The molecule has 13 nitrogen and oxygen atoms in total. The van der Waals surface area contributed by atoms with Crippen LogP contribution in [-0.4, -0.2) is 79.0 Å². The van der Waals surface area contributed by atoms with Crippen molar-refractivity contribution in [2.75, 3.05) is 40.7 Å². The first kappa shape index (κ1) is 34.0. The number of piperidine rings is 1. The lowest BCUT2D eigenvalue weighted by molar-refractivity contribution is 0.240. The molecule has 258 valence electrons. The molecular formula is C35H45N11O2S. The molecule has 1 saturated carbocycles. The summed E-state index contributed by atoms with van der Waals surface area (Å²) >= 11 is 0. The Morgan fingerprint density at radius 2 is 1.78 bits per heavy atom. The number of hydrogen-bond donors (Lipinski definition) is 4. The molecule has 3 N–H and O–H groups in total. The van der Waals surface area contributed by atoms with Gasteiger partial charge in [-0.3, -0.25) is 13.9 Å². The summed E-state index contributed by atoms with van der Waals surface area (Å²) in [5, 5.41) is 20.7. The Morgan fingerprint density at radius 3 is 2.41 bits per heavy atom. The zero-order chi connectivity index (χ0) is 34.4. The first-order chi connectivity index (χ1) is 23.6. The molecule has 4 heterocycles. The molecule has 1 aliphatic carbocycles. The molecule has 49 heavy (non-hydrogen) atoms. The summed E-state index contributed by atoms with van der Waals surface area (Å²) in [6.07, 6.45) is 15.5. The number of hydrogen-bond acceptors (Lipinski definition) is 9. The quantitative estimate of drug-likeness (QED) is 0.177. The second-order valence-corrected chi connectivity index (χ2v) is 16.1. The lowest BCUT2D eigenvalue weighted by Gasteiger charge is -2.36. The molecule has 0 spiro atoms. The van der Waals surface area contributed by atoms with E-state index in [0.29, 0.717) is 42.8 Å². The zero-order valence-electron chi connectivity index (χ0n) is 28.3. The SMILES string of the molecule is Cn1cc(-c2ccc(N(C(=O)NCc3ccccc3)[C@H]3CC[C@H](Nc4ncc(C#N)c(N5CCC(N=[SH](C)(C)O)CC5)n4)CC3)nc2)cn1. The molecule has 6 rings (SSSR count). The van der Waals surface area contributed by atoms with Gasteiger partial charge in [0, 0.05) is 62.3 Å². The van der Waals surface area contributed by atoms with Crippen LogP contribution in [0.2, 0.25) is 0 Å². The summed E-state index contributed by atoms with van der Waals surface area (Å²) in [6, 6.07) is 16.0. The van der Waals surface area contributed by atoms with Crippen molar-refractivity contribution < 1.29 is 9.35 Å². The Balaban J connectivity index is 1.12. The van der Waals surface area contributed by atoms with Gasteiger partial charge in [0.25, 0.3) is 0 Å². The number of nitriles is 1. The number of nitrogens with zero attached hydrogens (tertiary/aromatic N) is 9. The predicted octanol–water partition coefficient (Wildman–Crippen LogP) is 5.05. The van der Waals surface area contributed by atoms with Gasteiger partial charge < -0.3 is 20.1 Å². The monoisotopic (exact) mass is 683 g/mol. The lowest BCUT2D eigenvalue weighted by atomic mass is 9.90. The molecule has 4 aromatic rings. The summed E-state index contributed by atoms with van der Waals surface area (Å²) in [5.41, 5.74) is 3.37. The Bertz CT molecular complexity index is 1810. The first-order valence-electron chi connectivity index (χ1n) is 16.8. The molecule has 2 aliphatic rings. The van der Waals surface area contributed by atoms with Crippen molar-refractivity contribution in [1.29, 1.82) is 5.26 Å². The molecule has 0 unspecified atom stereocenters. The van der Waals surface area contributed by atoms with Gasteiger partial charge >= 0.3 is 6.03 Å². The highest BCUT2D eigenvalue weighted by atomic mass is 32.3. The van der Waals surface area contributed by atoms with E-state index in [1.165, 1.54) is 0 Å².